The largest absolute Gasteiger partial charge is 0.393 e. The van der Waals surface area contributed by atoms with Crippen molar-refractivity contribution >= 4 is 28.8 Å². The average molecular weight is 272 g/mol. The summed E-state index contributed by atoms with van der Waals surface area (Å²) >= 11 is 11.0. The molecule has 0 bridgehead atoms. The summed E-state index contributed by atoms with van der Waals surface area (Å²) in [5.41, 5.74) is 6.49. The molecular formula is C13H18ClNOS. The lowest BCUT2D eigenvalue weighted by molar-refractivity contribution is 0.104. The zero-order chi connectivity index (χ0) is 12.9. The van der Waals surface area contributed by atoms with Crippen LogP contribution in [0.4, 0.5) is 0 Å². The predicted molar refractivity (Wildman–Crippen MR) is 76.3 cm³/mol. The predicted octanol–water partition coefficient (Wildman–Crippen LogP) is 3.56. The Morgan fingerprint density at radius 1 is 1.41 bits per heavy atom. The van der Waals surface area contributed by atoms with Crippen molar-refractivity contribution in [3.63, 3.8) is 0 Å². The molecule has 17 heavy (non-hydrogen) atoms. The molecule has 0 aliphatic heterocycles. The maximum atomic E-state index is 6.02. The molecule has 0 aromatic heterocycles. The van der Waals surface area contributed by atoms with Crippen LogP contribution in [-0.4, -0.2) is 11.6 Å². The number of nitrogens with two attached hydrogens (primary N) is 1. The molecule has 0 radical (unpaired) electrons. The van der Waals surface area contributed by atoms with Crippen LogP contribution in [0.5, 0.6) is 0 Å². The number of hydrogen-bond acceptors (Lipinski definition) is 2. The van der Waals surface area contributed by atoms with Crippen LogP contribution in [-0.2, 0) is 11.3 Å². The number of rotatable bonds is 6. The van der Waals surface area contributed by atoms with Gasteiger partial charge in [0.15, 0.2) is 0 Å². The lowest BCUT2D eigenvalue weighted by atomic mass is 9.90. The Hall–Kier alpha value is -0.640. The maximum absolute atomic E-state index is 6.02. The Bertz CT molecular complexity index is 393. The van der Waals surface area contributed by atoms with Crippen LogP contribution in [0.2, 0.25) is 5.02 Å². The van der Waals surface area contributed by atoms with Gasteiger partial charge in [-0.25, -0.2) is 0 Å². The van der Waals surface area contributed by atoms with Crippen LogP contribution >= 0.6 is 23.8 Å². The van der Waals surface area contributed by atoms with E-state index in [4.69, 9.17) is 34.3 Å². The van der Waals surface area contributed by atoms with Crippen LogP contribution in [0, 0.1) is 5.41 Å². The van der Waals surface area contributed by atoms with Gasteiger partial charge in [-0.05, 0) is 18.1 Å². The molecule has 1 rings (SSSR count). The molecule has 1 aromatic carbocycles. The summed E-state index contributed by atoms with van der Waals surface area (Å²) in [6.07, 6.45) is 0.812. The van der Waals surface area contributed by atoms with Gasteiger partial charge in [-0.1, -0.05) is 55.9 Å². The van der Waals surface area contributed by atoms with Gasteiger partial charge in [0.05, 0.1) is 11.6 Å². The van der Waals surface area contributed by atoms with E-state index < -0.39 is 0 Å². The average Bonchev–Trinajstić information content (AvgIpc) is 2.26. The van der Waals surface area contributed by atoms with Crippen LogP contribution in [0.1, 0.15) is 25.8 Å². The highest BCUT2D eigenvalue weighted by Crippen LogP contribution is 2.21. The molecule has 0 atom stereocenters. The molecule has 0 heterocycles. The van der Waals surface area contributed by atoms with Gasteiger partial charge in [-0.2, -0.15) is 0 Å². The Morgan fingerprint density at radius 2 is 2.06 bits per heavy atom. The standard InChI is InChI=1S/C13H18ClNOS/c1-13(2,12(15)17)7-8-16-9-10-5-3-4-6-11(10)14/h3-6H,7-9H2,1-2H3,(H2,15,17). The van der Waals surface area contributed by atoms with Crippen molar-refractivity contribution in [2.24, 2.45) is 11.1 Å². The van der Waals surface area contributed by atoms with Crippen molar-refractivity contribution in [2.75, 3.05) is 6.61 Å². The lowest BCUT2D eigenvalue weighted by Crippen LogP contribution is -2.30. The van der Waals surface area contributed by atoms with Crippen LogP contribution in [0.3, 0.4) is 0 Å². The first-order chi connectivity index (χ1) is 7.93. The van der Waals surface area contributed by atoms with E-state index in [0.717, 1.165) is 17.0 Å². The Morgan fingerprint density at radius 3 is 2.65 bits per heavy atom. The fourth-order valence-corrected chi connectivity index (χ4v) is 1.54. The first kappa shape index (κ1) is 14.4. The van der Waals surface area contributed by atoms with E-state index in [2.05, 4.69) is 0 Å². The fourth-order valence-electron chi connectivity index (χ4n) is 1.25. The molecule has 0 fully saturated rings. The number of benzene rings is 1. The molecule has 0 saturated heterocycles. The smallest absolute Gasteiger partial charge is 0.0785 e. The van der Waals surface area contributed by atoms with E-state index in [1.54, 1.807) is 0 Å². The van der Waals surface area contributed by atoms with Crippen LogP contribution in [0.15, 0.2) is 24.3 Å². The molecule has 0 aliphatic carbocycles. The summed E-state index contributed by atoms with van der Waals surface area (Å²) in [5, 5.41) is 0.737. The van der Waals surface area contributed by atoms with E-state index in [1.807, 2.05) is 38.1 Å². The normalized spacial score (nSPS) is 11.5. The summed E-state index contributed by atoms with van der Waals surface area (Å²) in [7, 11) is 0. The van der Waals surface area contributed by atoms with Crippen molar-refractivity contribution in [3.05, 3.63) is 34.9 Å². The Kier molecular flexibility index (Phi) is 5.37. The third kappa shape index (κ3) is 4.62. The minimum atomic E-state index is -0.157. The van der Waals surface area contributed by atoms with Gasteiger partial charge >= 0.3 is 0 Å². The van der Waals surface area contributed by atoms with E-state index >= 15 is 0 Å². The summed E-state index contributed by atoms with van der Waals surface area (Å²) in [5.74, 6) is 0. The number of thiocarbonyl (C=S) groups is 1. The zero-order valence-corrected chi connectivity index (χ0v) is 11.8. The van der Waals surface area contributed by atoms with Crippen molar-refractivity contribution < 1.29 is 4.74 Å². The summed E-state index contributed by atoms with van der Waals surface area (Å²) in [6, 6.07) is 7.67. The third-order valence-corrected chi connectivity index (χ3v) is 3.68. The molecule has 0 amide bonds. The molecule has 1 aromatic rings. The minimum absolute atomic E-state index is 0.157. The van der Waals surface area contributed by atoms with Crippen LogP contribution in [0.25, 0.3) is 0 Å². The van der Waals surface area contributed by atoms with E-state index in [9.17, 15) is 0 Å². The summed E-state index contributed by atoms with van der Waals surface area (Å²) < 4.78 is 5.59. The molecule has 2 N–H and O–H groups in total. The second-order valence-electron chi connectivity index (χ2n) is 4.64. The summed E-state index contributed by atoms with van der Waals surface area (Å²) in [6.45, 7) is 5.19. The van der Waals surface area contributed by atoms with Gasteiger partial charge in [0.1, 0.15) is 0 Å². The number of hydrogen-bond donors (Lipinski definition) is 1. The third-order valence-electron chi connectivity index (χ3n) is 2.75. The second kappa shape index (κ2) is 6.34. The quantitative estimate of drug-likeness (QED) is 0.635. The minimum Gasteiger partial charge on any atom is -0.393 e. The number of ether oxygens (including phenoxy) is 1. The molecule has 4 heteroatoms. The molecule has 94 valence electrons. The van der Waals surface area contributed by atoms with Gasteiger partial charge in [0, 0.05) is 17.0 Å². The first-order valence-corrected chi connectivity index (χ1v) is 6.33. The highest BCUT2D eigenvalue weighted by Gasteiger charge is 2.20. The van der Waals surface area contributed by atoms with Gasteiger partial charge in [-0.3, -0.25) is 0 Å². The van der Waals surface area contributed by atoms with E-state index in [0.29, 0.717) is 18.2 Å². The Labute approximate surface area is 113 Å². The fraction of sp³-hybridized carbons (Fsp3) is 0.462. The van der Waals surface area contributed by atoms with Gasteiger partial charge in [0.25, 0.3) is 0 Å². The molecular weight excluding hydrogens is 254 g/mol. The Balaban J connectivity index is 2.35. The monoisotopic (exact) mass is 271 g/mol. The highest BCUT2D eigenvalue weighted by molar-refractivity contribution is 7.80. The molecule has 0 spiro atoms. The van der Waals surface area contributed by atoms with Crippen molar-refractivity contribution in [1.82, 2.24) is 0 Å². The van der Waals surface area contributed by atoms with Crippen molar-refractivity contribution in [2.45, 2.75) is 26.9 Å². The zero-order valence-electron chi connectivity index (χ0n) is 10.2. The SMILES string of the molecule is CC(C)(CCOCc1ccccc1Cl)C(N)=S. The topological polar surface area (TPSA) is 35.2 Å². The second-order valence-corrected chi connectivity index (χ2v) is 5.49. The van der Waals surface area contributed by atoms with Crippen molar-refractivity contribution in [1.29, 1.82) is 0 Å². The van der Waals surface area contributed by atoms with E-state index in [1.165, 1.54) is 0 Å². The molecule has 0 saturated carbocycles. The van der Waals surface area contributed by atoms with Gasteiger partial charge in [0.2, 0.25) is 0 Å². The molecule has 2 nitrogen and oxygen atoms in total. The first-order valence-electron chi connectivity index (χ1n) is 5.54. The van der Waals surface area contributed by atoms with E-state index in [-0.39, 0.29) is 5.41 Å². The maximum Gasteiger partial charge on any atom is 0.0785 e. The molecule has 0 aliphatic rings. The van der Waals surface area contributed by atoms with Crippen molar-refractivity contribution in [3.8, 4) is 0 Å². The van der Waals surface area contributed by atoms with Crippen LogP contribution < -0.4 is 5.73 Å². The molecule has 0 unspecified atom stereocenters. The van der Waals surface area contributed by atoms with Gasteiger partial charge in [-0.15, -0.1) is 0 Å². The van der Waals surface area contributed by atoms with Gasteiger partial charge < -0.3 is 10.5 Å². The highest BCUT2D eigenvalue weighted by atomic mass is 35.5. The lowest BCUT2D eigenvalue weighted by Gasteiger charge is -2.22. The number of halogens is 1. The summed E-state index contributed by atoms with van der Waals surface area (Å²) in [4.78, 5) is 0.527.